The van der Waals surface area contributed by atoms with Crippen LogP contribution in [0.15, 0.2) is 16.3 Å². The van der Waals surface area contributed by atoms with Crippen LogP contribution in [0.2, 0.25) is 0 Å². The van der Waals surface area contributed by atoms with Crippen LogP contribution in [0.1, 0.15) is 30.4 Å². The third kappa shape index (κ3) is 3.54. The summed E-state index contributed by atoms with van der Waals surface area (Å²) in [7, 11) is -2.10. The summed E-state index contributed by atoms with van der Waals surface area (Å²) in [6.45, 7) is 6.19. The van der Waals surface area contributed by atoms with Gasteiger partial charge in [0.05, 0.1) is 0 Å². The van der Waals surface area contributed by atoms with Crippen LogP contribution in [0.3, 0.4) is 0 Å². The maximum atomic E-state index is 12.2. The summed E-state index contributed by atoms with van der Waals surface area (Å²) in [5, 5.41) is 8.79. The molecule has 1 aromatic heterocycles. The molecule has 1 heterocycles. The zero-order valence-electron chi connectivity index (χ0n) is 10.8. The van der Waals surface area contributed by atoms with Crippen molar-refractivity contribution in [2.24, 2.45) is 5.41 Å². The minimum atomic E-state index is -3.60. The number of rotatable bonds is 4. The quantitative estimate of drug-likeness (QED) is 0.922. The first-order valence-electron chi connectivity index (χ1n) is 5.33. The molecule has 0 fully saturated rings. The van der Waals surface area contributed by atoms with E-state index in [1.54, 1.807) is 0 Å². The highest BCUT2D eigenvalue weighted by atomic mass is 32.2. The highest BCUT2D eigenvalue weighted by molar-refractivity contribution is 7.91. The zero-order valence-corrected chi connectivity index (χ0v) is 12.4. The molecule has 0 radical (unpaired) electrons. The molecule has 0 saturated heterocycles. The third-order valence-corrected chi connectivity index (χ3v) is 5.50. The highest BCUT2D eigenvalue weighted by Crippen LogP contribution is 2.26. The predicted octanol–water partition coefficient (Wildman–Crippen LogP) is 2.11. The Kier molecular flexibility index (Phi) is 4.19. The Hall–Kier alpha value is -0.920. The lowest BCUT2D eigenvalue weighted by atomic mass is 9.97. The Balaban J connectivity index is 3.02. The van der Waals surface area contributed by atoms with Crippen LogP contribution < -0.4 is 0 Å². The van der Waals surface area contributed by atoms with Gasteiger partial charge in [0.15, 0.2) is 0 Å². The van der Waals surface area contributed by atoms with Gasteiger partial charge >= 0.3 is 5.97 Å². The highest BCUT2D eigenvalue weighted by Gasteiger charge is 2.27. The van der Waals surface area contributed by atoms with Crippen LogP contribution in [-0.2, 0) is 10.0 Å². The lowest BCUT2D eigenvalue weighted by Gasteiger charge is -2.25. The molecule has 0 amide bonds. The number of sulfonamides is 1. The van der Waals surface area contributed by atoms with Crippen molar-refractivity contribution in [3.8, 4) is 0 Å². The van der Waals surface area contributed by atoms with Gasteiger partial charge in [-0.2, -0.15) is 4.31 Å². The van der Waals surface area contributed by atoms with Crippen molar-refractivity contribution in [3.05, 3.63) is 17.0 Å². The maximum Gasteiger partial charge on any atom is 0.345 e. The van der Waals surface area contributed by atoms with E-state index >= 15 is 0 Å². The summed E-state index contributed by atoms with van der Waals surface area (Å²) in [6, 6.07) is 2.65. The van der Waals surface area contributed by atoms with Crippen LogP contribution in [0, 0.1) is 5.41 Å². The van der Waals surface area contributed by atoms with E-state index in [-0.39, 0.29) is 14.5 Å². The lowest BCUT2D eigenvalue weighted by Crippen LogP contribution is -2.34. The molecule has 1 aromatic rings. The van der Waals surface area contributed by atoms with Crippen molar-refractivity contribution >= 4 is 27.3 Å². The van der Waals surface area contributed by atoms with Gasteiger partial charge in [-0.15, -0.1) is 11.3 Å². The van der Waals surface area contributed by atoms with Gasteiger partial charge in [-0.3, -0.25) is 0 Å². The van der Waals surface area contributed by atoms with Crippen LogP contribution in [0.5, 0.6) is 0 Å². The molecule has 0 aliphatic heterocycles. The van der Waals surface area contributed by atoms with E-state index in [0.29, 0.717) is 6.54 Å². The van der Waals surface area contributed by atoms with Crippen molar-refractivity contribution in [1.82, 2.24) is 4.31 Å². The molecule has 0 aliphatic rings. The van der Waals surface area contributed by atoms with Crippen LogP contribution in [0.4, 0.5) is 0 Å². The number of carboxylic acid groups (broad SMARTS) is 1. The molecule has 7 heteroatoms. The summed E-state index contributed by atoms with van der Waals surface area (Å²) in [6.07, 6.45) is 0. The molecule has 0 bridgehead atoms. The summed E-state index contributed by atoms with van der Waals surface area (Å²) < 4.78 is 25.7. The Labute approximate surface area is 111 Å². The molecule has 5 nitrogen and oxygen atoms in total. The molecule has 0 aliphatic carbocycles. The molecule has 0 unspecified atom stereocenters. The van der Waals surface area contributed by atoms with Gasteiger partial charge < -0.3 is 5.11 Å². The Morgan fingerprint density at radius 2 is 1.94 bits per heavy atom. The van der Waals surface area contributed by atoms with Gasteiger partial charge in [0.2, 0.25) is 0 Å². The fraction of sp³-hybridized carbons (Fsp3) is 0.545. The molecule has 0 saturated carbocycles. The van der Waals surface area contributed by atoms with Crippen molar-refractivity contribution in [3.63, 3.8) is 0 Å². The third-order valence-electron chi connectivity index (χ3n) is 2.15. The molecule has 0 aromatic carbocycles. The first-order chi connectivity index (χ1) is 8.04. The molecule has 1 N–H and O–H groups in total. The van der Waals surface area contributed by atoms with Crippen LogP contribution in [-0.4, -0.2) is 37.4 Å². The lowest BCUT2D eigenvalue weighted by molar-refractivity contribution is 0.0702. The number of aromatic carboxylic acids is 1. The summed E-state index contributed by atoms with van der Waals surface area (Å²) in [5.41, 5.74) is -0.158. The smallest absolute Gasteiger partial charge is 0.345 e. The zero-order chi connectivity index (χ0) is 14.1. The Bertz CT molecular complexity index is 540. The maximum absolute atomic E-state index is 12.2. The molecule has 102 valence electrons. The van der Waals surface area contributed by atoms with E-state index in [1.807, 2.05) is 20.8 Å². The average molecular weight is 291 g/mol. The Morgan fingerprint density at radius 3 is 2.33 bits per heavy atom. The van der Waals surface area contributed by atoms with Gasteiger partial charge in [-0.05, 0) is 17.5 Å². The van der Waals surface area contributed by atoms with Crippen molar-refractivity contribution < 1.29 is 18.3 Å². The fourth-order valence-electron chi connectivity index (χ4n) is 1.48. The molecule has 0 spiro atoms. The van der Waals surface area contributed by atoms with E-state index in [0.717, 1.165) is 11.3 Å². The predicted molar refractivity (Wildman–Crippen MR) is 70.5 cm³/mol. The number of carboxylic acids is 1. The minimum absolute atomic E-state index is 0.0257. The summed E-state index contributed by atoms with van der Waals surface area (Å²) >= 11 is 0.773. The van der Waals surface area contributed by atoms with Crippen molar-refractivity contribution in [2.75, 3.05) is 13.6 Å². The van der Waals surface area contributed by atoms with Crippen molar-refractivity contribution in [1.29, 1.82) is 0 Å². The van der Waals surface area contributed by atoms with E-state index in [4.69, 9.17) is 5.11 Å². The molecular formula is C11H17NO4S2. The van der Waals surface area contributed by atoms with Crippen LogP contribution >= 0.6 is 11.3 Å². The largest absolute Gasteiger partial charge is 0.477 e. The second-order valence-electron chi connectivity index (χ2n) is 5.25. The number of nitrogens with zero attached hydrogens (tertiary/aromatic N) is 1. The van der Waals surface area contributed by atoms with Gasteiger partial charge in [0.25, 0.3) is 10.0 Å². The van der Waals surface area contributed by atoms with E-state index in [9.17, 15) is 13.2 Å². The van der Waals surface area contributed by atoms with Crippen molar-refractivity contribution in [2.45, 2.75) is 25.0 Å². The number of carbonyl (C=O) groups is 1. The SMILES string of the molecule is CN(CC(C)(C)C)S(=O)(=O)c1ccc(C(=O)O)s1. The standard InChI is InChI=1S/C11H17NO4S2/c1-11(2,3)7-12(4)18(15,16)9-6-5-8(17-9)10(13)14/h5-6H,7H2,1-4H3,(H,13,14). The Morgan fingerprint density at radius 1 is 1.39 bits per heavy atom. The van der Waals surface area contributed by atoms with Gasteiger partial charge in [0.1, 0.15) is 9.09 Å². The monoisotopic (exact) mass is 291 g/mol. The van der Waals surface area contributed by atoms with Gasteiger partial charge in [-0.1, -0.05) is 20.8 Å². The number of thiophene rings is 1. The molecule has 0 atom stereocenters. The van der Waals surface area contributed by atoms with Gasteiger partial charge in [0, 0.05) is 13.6 Å². The second-order valence-corrected chi connectivity index (χ2v) is 8.60. The topological polar surface area (TPSA) is 74.7 Å². The van der Waals surface area contributed by atoms with Crippen LogP contribution in [0.25, 0.3) is 0 Å². The average Bonchev–Trinajstić information content (AvgIpc) is 2.63. The molecule has 1 rings (SSSR count). The van der Waals surface area contributed by atoms with E-state index < -0.39 is 16.0 Å². The first kappa shape index (κ1) is 15.1. The van der Waals surface area contributed by atoms with Gasteiger partial charge in [-0.25, -0.2) is 13.2 Å². The fourth-order valence-corrected chi connectivity index (χ4v) is 4.23. The van der Waals surface area contributed by atoms with E-state index in [2.05, 4.69) is 0 Å². The molecular weight excluding hydrogens is 274 g/mol. The minimum Gasteiger partial charge on any atom is -0.477 e. The normalized spacial score (nSPS) is 12.9. The number of hydrogen-bond acceptors (Lipinski definition) is 4. The summed E-state index contributed by atoms with van der Waals surface area (Å²) in [4.78, 5) is 10.8. The summed E-state index contributed by atoms with van der Waals surface area (Å²) in [5.74, 6) is -1.11. The van der Waals surface area contributed by atoms with E-state index in [1.165, 1.54) is 23.5 Å². The first-order valence-corrected chi connectivity index (χ1v) is 7.59. The number of hydrogen-bond donors (Lipinski definition) is 1. The second kappa shape index (κ2) is 4.99. The molecule has 18 heavy (non-hydrogen) atoms.